The van der Waals surface area contributed by atoms with Crippen molar-refractivity contribution in [3.05, 3.63) is 60.2 Å². The van der Waals surface area contributed by atoms with Crippen molar-refractivity contribution in [2.45, 2.75) is 31.3 Å². The van der Waals surface area contributed by atoms with Gasteiger partial charge < -0.3 is 26.8 Å². The number of primary amides is 1. The molecule has 3 amide bonds. The van der Waals surface area contributed by atoms with E-state index in [1.807, 2.05) is 48.5 Å². The third-order valence-electron chi connectivity index (χ3n) is 4.71. The average Bonchev–Trinajstić information content (AvgIpc) is 3.52. The van der Waals surface area contributed by atoms with Crippen LogP contribution >= 0.6 is 12.4 Å². The normalized spacial score (nSPS) is 14.8. The van der Waals surface area contributed by atoms with Crippen molar-refractivity contribution in [2.75, 3.05) is 6.54 Å². The lowest BCUT2D eigenvalue weighted by molar-refractivity contribution is -0.121. The van der Waals surface area contributed by atoms with Gasteiger partial charge in [0.05, 0.1) is 12.5 Å². The molecule has 7 nitrogen and oxygen atoms in total. The molecule has 1 aliphatic rings. The first-order valence-electron chi connectivity index (χ1n) is 9.42. The van der Waals surface area contributed by atoms with Gasteiger partial charge >= 0.3 is 6.03 Å². The third kappa shape index (κ3) is 7.29. The maximum absolute atomic E-state index is 12.3. The Bertz CT molecular complexity index is 815. The first kappa shape index (κ1) is 22.5. The molecule has 0 heterocycles. The second kappa shape index (κ2) is 10.7. The molecule has 2 unspecified atom stereocenters. The number of para-hydroxylation sites is 1. The van der Waals surface area contributed by atoms with Crippen molar-refractivity contribution >= 4 is 24.3 Å². The minimum absolute atomic E-state index is 0. The van der Waals surface area contributed by atoms with Crippen molar-refractivity contribution in [2.24, 2.45) is 17.4 Å². The third-order valence-corrected chi connectivity index (χ3v) is 4.71. The van der Waals surface area contributed by atoms with Gasteiger partial charge in [-0.3, -0.25) is 4.79 Å². The quantitative estimate of drug-likeness (QED) is 0.500. The molecule has 1 saturated carbocycles. The van der Waals surface area contributed by atoms with Crippen LogP contribution in [0.15, 0.2) is 54.6 Å². The van der Waals surface area contributed by atoms with Crippen LogP contribution in [0.3, 0.4) is 0 Å². The lowest BCUT2D eigenvalue weighted by Crippen LogP contribution is -2.41. The van der Waals surface area contributed by atoms with E-state index in [0.29, 0.717) is 24.0 Å². The van der Waals surface area contributed by atoms with Crippen LogP contribution in [0.2, 0.25) is 0 Å². The Labute approximate surface area is 176 Å². The van der Waals surface area contributed by atoms with Crippen LogP contribution in [0.25, 0.3) is 0 Å². The molecular weight excluding hydrogens is 392 g/mol. The first-order valence-corrected chi connectivity index (χ1v) is 9.42. The van der Waals surface area contributed by atoms with E-state index in [4.69, 9.17) is 16.2 Å². The summed E-state index contributed by atoms with van der Waals surface area (Å²) < 4.78 is 5.83. The summed E-state index contributed by atoms with van der Waals surface area (Å²) in [5, 5.41) is 5.48. The molecule has 0 aliphatic heterocycles. The summed E-state index contributed by atoms with van der Waals surface area (Å²) in [6, 6.07) is 15.3. The van der Waals surface area contributed by atoms with Crippen molar-refractivity contribution in [3.8, 4) is 11.5 Å². The highest BCUT2D eigenvalue weighted by molar-refractivity contribution is 5.85. The number of benzene rings is 2. The highest BCUT2D eigenvalue weighted by atomic mass is 35.5. The van der Waals surface area contributed by atoms with Gasteiger partial charge in [-0.15, -0.1) is 12.4 Å². The molecule has 29 heavy (non-hydrogen) atoms. The number of hydrogen-bond acceptors (Lipinski definition) is 4. The number of halogens is 1. The number of carbonyl (C=O) groups is 2. The lowest BCUT2D eigenvalue weighted by Gasteiger charge is -2.19. The molecule has 0 aromatic heterocycles. The minimum atomic E-state index is -0.693. The molecule has 0 saturated heterocycles. The maximum Gasteiger partial charge on any atom is 0.312 e. The SMILES string of the molecule is Cl.NC(=O)NC(CC(=O)NCC(N)C1CC1)c1cccc(Oc2ccccc2)c1. The van der Waals surface area contributed by atoms with Crippen LogP contribution in [-0.2, 0) is 4.79 Å². The number of nitrogens with two attached hydrogens (primary N) is 2. The summed E-state index contributed by atoms with van der Waals surface area (Å²) in [7, 11) is 0. The lowest BCUT2D eigenvalue weighted by atomic mass is 10.0. The fourth-order valence-electron chi connectivity index (χ4n) is 3.02. The van der Waals surface area contributed by atoms with Gasteiger partial charge in [0, 0.05) is 12.6 Å². The molecule has 1 aliphatic carbocycles. The maximum atomic E-state index is 12.3. The van der Waals surface area contributed by atoms with Crippen LogP contribution in [0.4, 0.5) is 4.79 Å². The molecule has 1 fully saturated rings. The smallest absolute Gasteiger partial charge is 0.312 e. The van der Waals surface area contributed by atoms with Gasteiger partial charge in [-0.2, -0.15) is 0 Å². The predicted octanol–water partition coefficient (Wildman–Crippen LogP) is 2.85. The second-order valence-electron chi connectivity index (χ2n) is 7.06. The Morgan fingerprint density at radius 2 is 1.76 bits per heavy atom. The van der Waals surface area contributed by atoms with Gasteiger partial charge in [-0.25, -0.2) is 4.79 Å². The van der Waals surface area contributed by atoms with Crippen molar-refractivity contribution < 1.29 is 14.3 Å². The molecule has 6 N–H and O–H groups in total. The summed E-state index contributed by atoms with van der Waals surface area (Å²) in [5.74, 6) is 1.62. The fourth-order valence-corrected chi connectivity index (χ4v) is 3.02. The van der Waals surface area contributed by atoms with E-state index in [9.17, 15) is 9.59 Å². The monoisotopic (exact) mass is 418 g/mol. The molecule has 0 spiro atoms. The number of carbonyl (C=O) groups excluding carboxylic acids is 2. The number of ether oxygens (including phenoxy) is 1. The zero-order valence-electron chi connectivity index (χ0n) is 16.0. The van der Waals surface area contributed by atoms with Crippen LogP contribution in [0.5, 0.6) is 11.5 Å². The summed E-state index contributed by atoms with van der Waals surface area (Å²) in [6.07, 6.45) is 2.31. The Balaban J connectivity index is 0.00000300. The second-order valence-corrected chi connectivity index (χ2v) is 7.06. The Morgan fingerprint density at radius 1 is 1.07 bits per heavy atom. The summed E-state index contributed by atoms with van der Waals surface area (Å²) in [5.41, 5.74) is 12.1. The summed E-state index contributed by atoms with van der Waals surface area (Å²) in [4.78, 5) is 23.8. The van der Waals surface area contributed by atoms with Gasteiger partial charge in [0.1, 0.15) is 11.5 Å². The van der Waals surface area contributed by atoms with E-state index in [-0.39, 0.29) is 30.8 Å². The van der Waals surface area contributed by atoms with Crippen LogP contribution < -0.4 is 26.8 Å². The van der Waals surface area contributed by atoms with Gasteiger partial charge in [0.15, 0.2) is 0 Å². The van der Waals surface area contributed by atoms with Crippen LogP contribution in [-0.4, -0.2) is 24.5 Å². The van der Waals surface area contributed by atoms with E-state index >= 15 is 0 Å². The van der Waals surface area contributed by atoms with E-state index < -0.39 is 12.1 Å². The molecule has 2 aromatic rings. The average molecular weight is 419 g/mol. The summed E-state index contributed by atoms with van der Waals surface area (Å²) >= 11 is 0. The molecule has 2 aromatic carbocycles. The highest BCUT2D eigenvalue weighted by Gasteiger charge is 2.28. The molecule has 8 heteroatoms. The zero-order valence-corrected chi connectivity index (χ0v) is 16.9. The van der Waals surface area contributed by atoms with Crippen molar-refractivity contribution in [1.82, 2.24) is 10.6 Å². The van der Waals surface area contributed by atoms with E-state index in [1.165, 1.54) is 0 Å². The molecule has 2 atom stereocenters. The van der Waals surface area contributed by atoms with Crippen molar-refractivity contribution in [3.63, 3.8) is 0 Å². The minimum Gasteiger partial charge on any atom is -0.457 e. The van der Waals surface area contributed by atoms with E-state index in [0.717, 1.165) is 18.4 Å². The van der Waals surface area contributed by atoms with Crippen LogP contribution in [0.1, 0.15) is 30.9 Å². The number of hydrogen-bond donors (Lipinski definition) is 4. The molecular formula is C21H27ClN4O3. The number of rotatable bonds is 9. The first-order chi connectivity index (χ1) is 13.5. The topological polar surface area (TPSA) is 119 Å². The molecule has 0 radical (unpaired) electrons. The summed E-state index contributed by atoms with van der Waals surface area (Å²) in [6.45, 7) is 0.434. The molecule has 0 bridgehead atoms. The van der Waals surface area contributed by atoms with Gasteiger partial charge in [-0.05, 0) is 48.6 Å². The van der Waals surface area contributed by atoms with E-state index in [1.54, 1.807) is 6.07 Å². The molecule has 156 valence electrons. The van der Waals surface area contributed by atoms with Crippen LogP contribution in [0, 0.1) is 5.92 Å². The largest absolute Gasteiger partial charge is 0.457 e. The van der Waals surface area contributed by atoms with Gasteiger partial charge in [0.2, 0.25) is 5.91 Å². The Hall–Kier alpha value is -2.77. The molecule has 3 rings (SSSR count). The fraction of sp³-hybridized carbons (Fsp3) is 0.333. The standard InChI is InChI=1S/C21H26N4O3.ClH/c22-18(14-9-10-14)13-24-20(26)12-19(25-21(23)27)15-5-4-8-17(11-15)28-16-6-2-1-3-7-16;/h1-8,11,14,18-19H,9-10,12-13,22H2,(H,24,26)(H3,23,25,27);1H. The highest BCUT2D eigenvalue weighted by Crippen LogP contribution is 2.31. The predicted molar refractivity (Wildman–Crippen MR) is 114 cm³/mol. The zero-order chi connectivity index (χ0) is 19.9. The van der Waals surface area contributed by atoms with E-state index in [2.05, 4.69) is 10.6 Å². The van der Waals surface area contributed by atoms with Crippen molar-refractivity contribution in [1.29, 1.82) is 0 Å². The Kier molecular flexibility index (Phi) is 8.30. The van der Waals surface area contributed by atoms with Gasteiger partial charge in [-0.1, -0.05) is 30.3 Å². The number of urea groups is 1. The Morgan fingerprint density at radius 3 is 2.41 bits per heavy atom. The number of nitrogens with one attached hydrogen (secondary N) is 2. The van der Waals surface area contributed by atoms with Gasteiger partial charge in [0.25, 0.3) is 0 Å². The number of amides is 3.